The van der Waals surface area contributed by atoms with E-state index in [9.17, 15) is 12.8 Å². The first-order valence-electron chi connectivity index (χ1n) is 10.7. The van der Waals surface area contributed by atoms with Gasteiger partial charge in [0.15, 0.2) is 27.2 Å². The quantitative estimate of drug-likeness (QED) is 0.645. The summed E-state index contributed by atoms with van der Waals surface area (Å²) in [6.45, 7) is 2.05. The minimum atomic E-state index is -3.48. The summed E-state index contributed by atoms with van der Waals surface area (Å²) < 4.78 is 51.0. The number of aromatic amines is 1. The Morgan fingerprint density at radius 3 is 2.84 bits per heavy atom. The van der Waals surface area contributed by atoms with Gasteiger partial charge in [0.05, 0.1) is 19.3 Å². The number of morpholine rings is 1. The second-order valence-electron chi connectivity index (χ2n) is 8.79. The molecule has 168 valence electrons. The van der Waals surface area contributed by atoms with E-state index in [0.717, 1.165) is 11.8 Å². The van der Waals surface area contributed by atoms with Gasteiger partial charge < -0.3 is 19.4 Å². The summed E-state index contributed by atoms with van der Waals surface area (Å²) in [6.07, 6.45) is 4.75. The van der Waals surface area contributed by atoms with Crippen molar-refractivity contribution < 1.29 is 22.3 Å². The van der Waals surface area contributed by atoms with Gasteiger partial charge >= 0.3 is 0 Å². The molecular formula is C22H23FN4O4S. The monoisotopic (exact) mass is 458 g/mol. The molecule has 4 heterocycles. The summed E-state index contributed by atoms with van der Waals surface area (Å²) in [6, 6.07) is 4.65. The first-order valence-corrected chi connectivity index (χ1v) is 12.6. The van der Waals surface area contributed by atoms with Crippen molar-refractivity contribution >= 4 is 26.6 Å². The number of anilines is 1. The maximum atomic E-state index is 14.4. The highest BCUT2D eigenvalue weighted by Gasteiger charge is 2.53. The van der Waals surface area contributed by atoms with Gasteiger partial charge in [-0.05, 0) is 37.5 Å². The normalized spacial score (nSPS) is 22.1. The van der Waals surface area contributed by atoms with E-state index in [0.29, 0.717) is 73.4 Å². The lowest BCUT2D eigenvalue weighted by molar-refractivity contribution is 0.0688. The molecule has 0 spiro atoms. The summed E-state index contributed by atoms with van der Waals surface area (Å²) in [7, 11) is -3.48. The lowest BCUT2D eigenvalue weighted by Gasteiger charge is -2.44. The first-order chi connectivity index (χ1) is 15.4. The Kier molecular flexibility index (Phi) is 4.29. The molecule has 0 radical (unpaired) electrons. The van der Waals surface area contributed by atoms with Crippen LogP contribution in [0.2, 0.25) is 0 Å². The zero-order chi connectivity index (χ0) is 22.1. The Morgan fingerprint density at radius 2 is 2.09 bits per heavy atom. The third-order valence-corrected chi connectivity index (χ3v) is 8.97. The van der Waals surface area contributed by atoms with E-state index in [1.807, 2.05) is 6.07 Å². The molecule has 1 aromatic carbocycles. The van der Waals surface area contributed by atoms with Crippen molar-refractivity contribution in [1.82, 2.24) is 15.0 Å². The van der Waals surface area contributed by atoms with Crippen LogP contribution in [-0.4, -0.2) is 62.0 Å². The molecule has 8 nitrogen and oxygen atoms in total. The lowest BCUT2D eigenvalue weighted by Crippen LogP contribution is -2.52. The predicted molar refractivity (Wildman–Crippen MR) is 117 cm³/mol. The predicted octanol–water partition coefficient (Wildman–Crippen LogP) is 2.79. The maximum Gasteiger partial charge on any atom is 0.185 e. The van der Waals surface area contributed by atoms with Crippen molar-refractivity contribution in [3.05, 3.63) is 35.9 Å². The van der Waals surface area contributed by atoms with E-state index in [1.54, 1.807) is 6.20 Å². The van der Waals surface area contributed by atoms with Crippen LogP contribution in [-0.2, 0) is 19.3 Å². The molecule has 6 rings (SSSR count). The standard InChI is InChI=1S/C22H23FN4O4S/c1-32(28,29)22(4-2-5-22)19-18-21(27-7-8-30-11-14(27)12-31-18)26-20(25-19)16-9-13(23)10-17-15(16)3-6-24-17/h3,6,9-10,14,24H,2,4-5,7-8,11-12H2,1H3. The number of benzene rings is 1. The van der Waals surface area contributed by atoms with Crippen LogP contribution in [0, 0.1) is 5.82 Å². The largest absolute Gasteiger partial charge is 0.486 e. The van der Waals surface area contributed by atoms with Gasteiger partial charge in [0, 0.05) is 35.5 Å². The maximum absolute atomic E-state index is 14.4. The van der Waals surface area contributed by atoms with Gasteiger partial charge in [0.1, 0.15) is 22.9 Å². The highest BCUT2D eigenvalue weighted by molar-refractivity contribution is 7.91. The number of nitrogens with one attached hydrogen (secondary N) is 1. The lowest BCUT2D eigenvalue weighted by atomic mass is 9.80. The smallest absolute Gasteiger partial charge is 0.185 e. The van der Waals surface area contributed by atoms with Gasteiger partial charge in [-0.3, -0.25) is 0 Å². The molecule has 2 aliphatic heterocycles. The van der Waals surface area contributed by atoms with Crippen LogP contribution < -0.4 is 9.64 Å². The van der Waals surface area contributed by atoms with Gasteiger partial charge in [0.2, 0.25) is 0 Å². The molecule has 1 saturated heterocycles. The fourth-order valence-electron chi connectivity index (χ4n) is 5.04. The third kappa shape index (κ3) is 2.78. The van der Waals surface area contributed by atoms with Gasteiger partial charge in [0.25, 0.3) is 0 Å². The van der Waals surface area contributed by atoms with E-state index in [-0.39, 0.29) is 6.04 Å². The molecule has 0 amide bonds. The number of hydrogen-bond acceptors (Lipinski definition) is 7. The zero-order valence-corrected chi connectivity index (χ0v) is 18.4. The number of hydrogen-bond donors (Lipinski definition) is 1. The molecule has 0 bridgehead atoms. The number of halogens is 1. The number of sulfone groups is 1. The summed E-state index contributed by atoms with van der Waals surface area (Å²) >= 11 is 0. The molecule has 10 heteroatoms. The van der Waals surface area contributed by atoms with Crippen LogP contribution >= 0.6 is 0 Å². The minimum Gasteiger partial charge on any atom is -0.486 e. The summed E-state index contributed by atoms with van der Waals surface area (Å²) in [5.41, 5.74) is 1.54. The Morgan fingerprint density at radius 1 is 1.25 bits per heavy atom. The van der Waals surface area contributed by atoms with Crippen LogP contribution in [0.4, 0.5) is 10.2 Å². The summed E-state index contributed by atoms with van der Waals surface area (Å²) in [5.74, 6) is 0.875. The number of ether oxygens (including phenoxy) is 2. The average molecular weight is 459 g/mol. The summed E-state index contributed by atoms with van der Waals surface area (Å²) in [4.78, 5) is 14.7. The number of rotatable bonds is 3. The van der Waals surface area contributed by atoms with Crippen molar-refractivity contribution in [2.45, 2.75) is 30.1 Å². The van der Waals surface area contributed by atoms with Gasteiger partial charge in [-0.2, -0.15) is 0 Å². The second kappa shape index (κ2) is 6.89. The van der Waals surface area contributed by atoms with E-state index in [2.05, 4.69) is 9.88 Å². The first kappa shape index (κ1) is 19.9. The Bertz CT molecular complexity index is 1340. The number of H-pyrrole nitrogens is 1. The second-order valence-corrected chi connectivity index (χ2v) is 11.1. The zero-order valence-electron chi connectivity index (χ0n) is 17.6. The van der Waals surface area contributed by atoms with Crippen LogP contribution in [0.15, 0.2) is 24.4 Å². The molecular weight excluding hydrogens is 435 g/mol. The fraction of sp³-hybridized carbons (Fsp3) is 0.455. The topological polar surface area (TPSA) is 97.4 Å². The molecule has 2 fully saturated rings. The molecule has 2 aromatic heterocycles. The molecule has 3 aromatic rings. The van der Waals surface area contributed by atoms with Crippen molar-refractivity contribution in [1.29, 1.82) is 0 Å². The highest BCUT2D eigenvalue weighted by Crippen LogP contribution is 2.53. The molecule has 1 aliphatic carbocycles. The van der Waals surface area contributed by atoms with Crippen LogP contribution in [0.25, 0.3) is 22.3 Å². The van der Waals surface area contributed by atoms with Crippen molar-refractivity contribution in [2.24, 2.45) is 0 Å². The molecule has 3 aliphatic rings. The molecule has 1 N–H and O–H groups in total. The number of nitrogens with zero attached hydrogens (tertiary/aromatic N) is 3. The molecule has 1 atom stereocenters. The average Bonchev–Trinajstić information content (AvgIpc) is 3.19. The SMILES string of the molecule is CS(=O)(=O)C1(c2nc(-c3cc(F)cc4[nH]ccc34)nc3c2OCC2COCCN32)CCC1. The molecule has 1 unspecified atom stereocenters. The van der Waals surface area contributed by atoms with Crippen LogP contribution in [0.5, 0.6) is 5.75 Å². The number of aromatic nitrogens is 3. The van der Waals surface area contributed by atoms with Crippen molar-refractivity contribution in [3.63, 3.8) is 0 Å². The number of fused-ring (bicyclic) bond motifs is 4. The Labute approximate surface area is 184 Å². The van der Waals surface area contributed by atoms with Crippen LogP contribution in [0.1, 0.15) is 25.0 Å². The van der Waals surface area contributed by atoms with E-state index in [4.69, 9.17) is 19.4 Å². The fourth-order valence-corrected chi connectivity index (χ4v) is 6.56. The minimum absolute atomic E-state index is 0.0118. The van der Waals surface area contributed by atoms with E-state index < -0.39 is 20.4 Å². The van der Waals surface area contributed by atoms with Gasteiger partial charge in [-0.15, -0.1) is 0 Å². The highest BCUT2D eigenvalue weighted by atomic mass is 32.2. The Balaban J connectivity index is 1.64. The molecule has 1 saturated carbocycles. The summed E-state index contributed by atoms with van der Waals surface area (Å²) in [5, 5.41) is 0.773. The van der Waals surface area contributed by atoms with Crippen LogP contribution in [0.3, 0.4) is 0 Å². The van der Waals surface area contributed by atoms with Gasteiger partial charge in [-0.25, -0.2) is 22.8 Å². The third-order valence-electron chi connectivity index (χ3n) is 6.94. The van der Waals surface area contributed by atoms with Crippen molar-refractivity contribution in [3.8, 4) is 17.1 Å². The van der Waals surface area contributed by atoms with Gasteiger partial charge in [-0.1, -0.05) is 0 Å². The van der Waals surface area contributed by atoms with E-state index in [1.165, 1.54) is 18.4 Å². The molecule has 32 heavy (non-hydrogen) atoms. The van der Waals surface area contributed by atoms with E-state index >= 15 is 0 Å². The Hall–Kier alpha value is -2.72. The van der Waals surface area contributed by atoms with Crippen molar-refractivity contribution in [2.75, 3.05) is 37.5 Å².